The largest absolute Gasteiger partial charge is 0.750 e. The van der Waals surface area contributed by atoms with Crippen LogP contribution >= 0.6 is 12.6 Å². The van der Waals surface area contributed by atoms with Crippen molar-refractivity contribution >= 4 is 24.0 Å². The van der Waals surface area contributed by atoms with Crippen LogP contribution in [-0.2, 0) is 15.5 Å². The second-order valence-corrected chi connectivity index (χ2v) is 4.67. The Hall–Kier alpha value is 0.420. The van der Waals surface area contributed by atoms with E-state index in [1.807, 2.05) is 0 Å². The Morgan fingerprint density at radius 1 is 0.933 bits per heavy atom. The first kappa shape index (κ1) is 15.4. The van der Waals surface area contributed by atoms with Gasteiger partial charge < -0.3 is 8.74 Å². The number of hydrogen-bond acceptors (Lipinski definition) is 4. The molecular formula is C10H21O3S2-. The van der Waals surface area contributed by atoms with Gasteiger partial charge in [-0.2, -0.15) is 12.6 Å². The number of rotatable bonds is 11. The van der Waals surface area contributed by atoms with Gasteiger partial charge >= 0.3 is 0 Å². The van der Waals surface area contributed by atoms with E-state index in [1.165, 1.54) is 38.5 Å². The SMILES string of the molecule is O=S([O-])OCCCCCCCCCCS. The number of hydrogen-bond donors (Lipinski definition) is 1. The van der Waals surface area contributed by atoms with Gasteiger partial charge in [0.25, 0.3) is 0 Å². The van der Waals surface area contributed by atoms with Gasteiger partial charge in [0.1, 0.15) is 0 Å². The number of thiol groups is 1. The van der Waals surface area contributed by atoms with Crippen molar-refractivity contribution in [1.29, 1.82) is 0 Å². The molecule has 0 N–H and O–H groups in total. The summed E-state index contributed by atoms with van der Waals surface area (Å²) < 4.78 is 24.4. The molecule has 1 atom stereocenters. The van der Waals surface area contributed by atoms with Gasteiger partial charge in [-0.25, -0.2) is 4.21 Å². The zero-order chi connectivity index (χ0) is 11.4. The van der Waals surface area contributed by atoms with Crippen molar-refractivity contribution in [3.63, 3.8) is 0 Å². The van der Waals surface area contributed by atoms with Crippen LogP contribution in [0.3, 0.4) is 0 Å². The predicted octanol–water partition coefficient (Wildman–Crippen LogP) is 2.85. The lowest BCUT2D eigenvalue weighted by Gasteiger charge is -2.05. The van der Waals surface area contributed by atoms with E-state index in [0.29, 0.717) is 6.61 Å². The molecule has 0 radical (unpaired) electrons. The first-order chi connectivity index (χ1) is 7.27. The molecule has 0 aromatic heterocycles. The van der Waals surface area contributed by atoms with Crippen LogP contribution in [0.5, 0.6) is 0 Å². The monoisotopic (exact) mass is 253 g/mol. The first-order valence-corrected chi connectivity index (χ1v) is 7.24. The van der Waals surface area contributed by atoms with E-state index in [2.05, 4.69) is 16.8 Å². The summed E-state index contributed by atoms with van der Waals surface area (Å²) in [6.07, 6.45) is 9.38. The zero-order valence-corrected chi connectivity index (χ0v) is 10.9. The van der Waals surface area contributed by atoms with Crippen LogP contribution in [0.2, 0.25) is 0 Å². The molecule has 0 amide bonds. The Labute approximate surface area is 101 Å². The molecule has 0 aromatic carbocycles. The van der Waals surface area contributed by atoms with E-state index >= 15 is 0 Å². The molecular weight excluding hydrogens is 232 g/mol. The van der Waals surface area contributed by atoms with Crippen LogP contribution in [0.4, 0.5) is 0 Å². The highest BCUT2D eigenvalue weighted by atomic mass is 32.2. The molecule has 0 saturated heterocycles. The van der Waals surface area contributed by atoms with Crippen molar-refractivity contribution in [2.45, 2.75) is 51.4 Å². The van der Waals surface area contributed by atoms with Crippen LogP contribution in [0.1, 0.15) is 51.4 Å². The van der Waals surface area contributed by atoms with Gasteiger partial charge in [0.05, 0.1) is 18.0 Å². The van der Waals surface area contributed by atoms with Crippen molar-refractivity contribution in [3.05, 3.63) is 0 Å². The summed E-state index contributed by atoms with van der Waals surface area (Å²) in [4.78, 5) is 0. The standard InChI is InChI=1S/C10H22O3S2/c11-15(12)13-9-7-5-3-1-2-4-6-8-10-14/h14H,1-10H2,(H,11,12)/p-1. The molecule has 0 aromatic rings. The van der Waals surface area contributed by atoms with Gasteiger partial charge in [-0.15, -0.1) is 0 Å². The molecule has 0 fully saturated rings. The molecule has 0 aliphatic carbocycles. The Balaban J connectivity index is 2.89. The Morgan fingerprint density at radius 3 is 1.87 bits per heavy atom. The zero-order valence-electron chi connectivity index (χ0n) is 9.15. The quantitative estimate of drug-likeness (QED) is 0.350. The summed E-state index contributed by atoms with van der Waals surface area (Å²) >= 11 is 1.82. The molecule has 0 rings (SSSR count). The van der Waals surface area contributed by atoms with Gasteiger partial charge in [-0.05, 0) is 18.6 Å². The van der Waals surface area contributed by atoms with Gasteiger partial charge in [-0.3, -0.25) is 0 Å². The smallest absolute Gasteiger partial charge is 0.0842 e. The summed E-state index contributed by atoms with van der Waals surface area (Å²) in [5.41, 5.74) is 0. The van der Waals surface area contributed by atoms with Crippen LogP contribution in [0.15, 0.2) is 0 Å². The lowest BCUT2D eigenvalue weighted by atomic mass is 10.1. The van der Waals surface area contributed by atoms with Crippen molar-refractivity contribution in [1.82, 2.24) is 0 Å². The summed E-state index contributed by atoms with van der Waals surface area (Å²) in [5.74, 6) is 0.990. The molecule has 0 saturated carbocycles. The fourth-order valence-corrected chi connectivity index (χ4v) is 1.88. The normalized spacial score (nSPS) is 12.9. The average Bonchev–Trinajstić information content (AvgIpc) is 2.20. The minimum atomic E-state index is -2.34. The third-order valence-electron chi connectivity index (χ3n) is 2.23. The highest BCUT2D eigenvalue weighted by Crippen LogP contribution is 2.08. The summed E-state index contributed by atoms with van der Waals surface area (Å²) in [6, 6.07) is 0. The molecule has 0 aliphatic heterocycles. The Kier molecular flexibility index (Phi) is 12.8. The van der Waals surface area contributed by atoms with Gasteiger partial charge in [0, 0.05) is 0 Å². The first-order valence-electron chi connectivity index (χ1n) is 5.60. The maximum atomic E-state index is 10.0. The molecule has 0 aliphatic rings. The minimum absolute atomic E-state index is 0.329. The molecule has 15 heavy (non-hydrogen) atoms. The molecule has 3 nitrogen and oxygen atoms in total. The van der Waals surface area contributed by atoms with Gasteiger partial charge in [0.2, 0.25) is 0 Å². The van der Waals surface area contributed by atoms with Crippen molar-refractivity contribution in [3.8, 4) is 0 Å². The van der Waals surface area contributed by atoms with E-state index in [9.17, 15) is 8.76 Å². The maximum absolute atomic E-state index is 10.0. The summed E-state index contributed by atoms with van der Waals surface area (Å²) in [7, 11) is 0. The van der Waals surface area contributed by atoms with Crippen LogP contribution in [0, 0.1) is 0 Å². The molecule has 0 spiro atoms. The lowest BCUT2D eigenvalue weighted by Crippen LogP contribution is -1.97. The van der Waals surface area contributed by atoms with Crippen LogP contribution < -0.4 is 0 Å². The highest BCUT2D eigenvalue weighted by Gasteiger charge is 1.92. The van der Waals surface area contributed by atoms with Crippen molar-refractivity contribution < 1.29 is 12.9 Å². The Morgan fingerprint density at radius 2 is 1.40 bits per heavy atom. The molecule has 1 unspecified atom stereocenters. The molecule has 92 valence electrons. The van der Waals surface area contributed by atoms with E-state index in [0.717, 1.165) is 18.6 Å². The fraction of sp³-hybridized carbons (Fsp3) is 1.00. The van der Waals surface area contributed by atoms with Crippen molar-refractivity contribution in [2.75, 3.05) is 12.4 Å². The van der Waals surface area contributed by atoms with Crippen molar-refractivity contribution in [2.24, 2.45) is 0 Å². The fourth-order valence-electron chi connectivity index (χ4n) is 1.40. The highest BCUT2D eigenvalue weighted by molar-refractivity contribution is 7.80. The molecule has 0 bridgehead atoms. The topological polar surface area (TPSA) is 49.4 Å². The van der Waals surface area contributed by atoms with Crippen LogP contribution in [-0.4, -0.2) is 21.1 Å². The maximum Gasteiger partial charge on any atom is 0.0842 e. The second kappa shape index (κ2) is 12.5. The van der Waals surface area contributed by atoms with E-state index in [1.54, 1.807) is 0 Å². The minimum Gasteiger partial charge on any atom is -0.750 e. The summed E-state index contributed by atoms with van der Waals surface area (Å²) in [6.45, 7) is 0.329. The summed E-state index contributed by atoms with van der Waals surface area (Å²) in [5, 5.41) is 0. The van der Waals surface area contributed by atoms with Crippen LogP contribution in [0.25, 0.3) is 0 Å². The van der Waals surface area contributed by atoms with E-state index < -0.39 is 11.4 Å². The van der Waals surface area contributed by atoms with Gasteiger partial charge in [-0.1, -0.05) is 38.5 Å². The second-order valence-electron chi connectivity index (χ2n) is 3.58. The average molecular weight is 253 g/mol. The molecule has 5 heteroatoms. The lowest BCUT2D eigenvalue weighted by molar-refractivity contribution is 0.290. The molecule has 0 heterocycles. The Bertz CT molecular complexity index is 154. The third-order valence-corrected chi connectivity index (χ3v) is 2.91. The number of unbranched alkanes of at least 4 members (excludes halogenated alkanes) is 7. The predicted molar refractivity (Wildman–Crippen MR) is 65.7 cm³/mol. The van der Waals surface area contributed by atoms with E-state index in [-0.39, 0.29) is 0 Å². The van der Waals surface area contributed by atoms with E-state index in [4.69, 9.17) is 0 Å². The third kappa shape index (κ3) is 14.4. The van der Waals surface area contributed by atoms with Gasteiger partial charge in [0.15, 0.2) is 0 Å².